The monoisotopic (exact) mass is 543 g/mol. The normalized spacial score (nSPS) is 10.7. The van der Waals surface area contributed by atoms with Crippen LogP contribution in [-0.2, 0) is 4.79 Å². The van der Waals surface area contributed by atoms with E-state index in [9.17, 15) is 9.59 Å². The highest BCUT2D eigenvalue weighted by Gasteiger charge is 2.14. The van der Waals surface area contributed by atoms with Gasteiger partial charge in [-0.05, 0) is 83.9 Å². The van der Waals surface area contributed by atoms with E-state index in [1.165, 1.54) is 6.21 Å². The molecule has 2 amide bonds. The Labute approximate surface area is 211 Å². The van der Waals surface area contributed by atoms with Gasteiger partial charge in [0.25, 0.3) is 11.8 Å². The average molecular weight is 545 g/mol. The van der Waals surface area contributed by atoms with Crippen molar-refractivity contribution in [3.63, 3.8) is 0 Å². The molecule has 34 heavy (non-hydrogen) atoms. The number of halogens is 2. The summed E-state index contributed by atoms with van der Waals surface area (Å²) in [5.41, 5.74) is 5.35. The Balaban J connectivity index is 1.65. The maximum atomic E-state index is 12.3. The van der Waals surface area contributed by atoms with Crippen molar-refractivity contribution in [2.75, 3.05) is 18.5 Å². The molecule has 0 saturated heterocycles. The van der Waals surface area contributed by atoms with Gasteiger partial charge in [0, 0.05) is 16.3 Å². The highest BCUT2D eigenvalue weighted by molar-refractivity contribution is 9.10. The zero-order valence-corrected chi connectivity index (χ0v) is 20.9. The highest BCUT2D eigenvalue weighted by atomic mass is 79.9. The zero-order chi connectivity index (χ0) is 24.5. The molecular formula is C25H23BrClN3O4. The smallest absolute Gasteiger partial charge is 0.271 e. The Bertz CT molecular complexity index is 1180. The lowest BCUT2D eigenvalue weighted by molar-refractivity contribution is -0.118. The first kappa shape index (κ1) is 25.3. The number of anilines is 1. The lowest BCUT2D eigenvalue weighted by Gasteiger charge is -2.14. The van der Waals surface area contributed by atoms with Crippen molar-refractivity contribution < 1.29 is 19.1 Å². The summed E-state index contributed by atoms with van der Waals surface area (Å²) < 4.78 is 12.0. The molecule has 176 valence electrons. The number of hydrogen-bond acceptors (Lipinski definition) is 5. The molecule has 7 nitrogen and oxygen atoms in total. The number of ether oxygens (including phenoxy) is 2. The third-order valence-corrected chi connectivity index (χ3v) is 5.34. The molecule has 2 N–H and O–H groups in total. The summed E-state index contributed by atoms with van der Waals surface area (Å²) in [6.07, 6.45) is 1.48. The van der Waals surface area contributed by atoms with Gasteiger partial charge in [-0.25, -0.2) is 5.43 Å². The molecule has 0 spiro atoms. The van der Waals surface area contributed by atoms with Crippen LogP contribution in [0.25, 0.3) is 0 Å². The molecule has 0 aliphatic carbocycles. The third kappa shape index (κ3) is 7.33. The number of aryl methyl sites for hydroxylation is 1. The second-order valence-corrected chi connectivity index (χ2v) is 8.46. The first-order valence-electron chi connectivity index (χ1n) is 10.4. The first-order valence-corrected chi connectivity index (χ1v) is 11.6. The van der Waals surface area contributed by atoms with Crippen molar-refractivity contribution in [2.45, 2.75) is 13.8 Å². The minimum atomic E-state index is -0.364. The number of carbonyl (C=O) groups is 2. The second-order valence-electron chi connectivity index (χ2n) is 7.17. The van der Waals surface area contributed by atoms with Gasteiger partial charge in [0.1, 0.15) is 0 Å². The van der Waals surface area contributed by atoms with Crippen LogP contribution < -0.4 is 20.2 Å². The van der Waals surface area contributed by atoms with Gasteiger partial charge in [-0.15, -0.1) is 0 Å². The van der Waals surface area contributed by atoms with Gasteiger partial charge >= 0.3 is 0 Å². The van der Waals surface area contributed by atoms with E-state index in [2.05, 4.69) is 31.8 Å². The maximum Gasteiger partial charge on any atom is 0.271 e. The summed E-state index contributed by atoms with van der Waals surface area (Å²) in [6.45, 7) is 4.02. The summed E-state index contributed by atoms with van der Waals surface area (Å²) in [6, 6.07) is 17.4. The Morgan fingerprint density at radius 1 is 1.06 bits per heavy atom. The van der Waals surface area contributed by atoms with E-state index in [4.69, 9.17) is 21.1 Å². The molecule has 0 unspecified atom stereocenters. The van der Waals surface area contributed by atoms with Crippen molar-refractivity contribution in [3.8, 4) is 11.5 Å². The number of amides is 2. The van der Waals surface area contributed by atoms with E-state index in [1.807, 2.05) is 38.1 Å². The van der Waals surface area contributed by atoms with Crippen LogP contribution in [0.1, 0.15) is 28.4 Å². The zero-order valence-electron chi connectivity index (χ0n) is 18.6. The second kappa shape index (κ2) is 12.2. The van der Waals surface area contributed by atoms with Crippen molar-refractivity contribution in [1.29, 1.82) is 0 Å². The van der Waals surface area contributed by atoms with Crippen LogP contribution in [0.3, 0.4) is 0 Å². The van der Waals surface area contributed by atoms with E-state index in [-0.39, 0.29) is 18.4 Å². The van der Waals surface area contributed by atoms with Crippen LogP contribution in [0, 0.1) is 6.92 Å². The van der Waals surface area contributed by atoms with E-state index in [0.717, 1.165) is 5.56 Å². The first-order chi connectivity index (χ1) is 16.4. The number of nitrogens with one attached hydrogen (secondary N) is 2. The van der Waals surface area contributed by atoms with E-state index >= 15 is 0 Å². The molecule has 3 aromatic carbocycles. The summed E-state index contributed by atoms with van der Waals surface area (Å²) in [4.78, 5) is 24.5. The fraction of sp³-hybridized carbons (Fsp3) is 0.160. The molecule has 0 aliphatic rings. The fourth-order valence-corrected chi connectivity index (χ4v) is 3.57. The predicted octanol–water partition coefficient (Wildman–Crippen LogP) is 5.59. The molecule has 0 saturated carbocycles. The molecular weight excluding hydrogens is 522 g/mol. The van der Waals surface area contributed by atoms with Gasteiger partial charge in [0.2, 0.25) is 0 Å². The van der Waals surface area contributed by atoms with Crippen LogP contribution in [0.5, 0.6) is 11.5 Å². The molecule has 3 aromatic rings. The number of rotatable bonds is 9. The van der Waals surface area contributed by atoms with Crippen molar-refractivity contribution in [1.82, 2.24) is 5.43 Å². The topological polar surface area (TPSA) is 89.0 Å². The van der Waals surface area contributed by atoms with Crippen LogP contribution in [-0.4, -0.2) is 31.2 Å². The number of hydrogen-bond donors (Lipinski definition) is 2. The van der Waals surface area contributed by atoms with E-state index in [0.29, 0.717) is 44.4 Å². The fourth-order valence-electron chi connectivity index (χ4n) is 2.87. The van der Waals surface area contributed by atoms with Gasteiger partial charge < -0.3 is 14.8 Å². The Hall–Kier alpha value is -3.36. The highest BCUT2D eigenvalue weighted by Crippen LogP contribution is 2.36. The van der Waals surface area contributed by atoms with Crippen molar-refractivity contribution in [3.05, 3.63) is 86.8 Å². The number of hydrazone groups is 1. The molecule has 3 rings (SSSR count). The van der Waals surface area contributed by atoms with Crippen molar-refractivity contribution in [2.24, 2.45) is 5.10 Å². The molecule has 0 aliphatic heterocycles. The summed E-state index contributed by atoms with van der Waals surface area (Å²) in [7, 11) is 0. The maximum absolute atomic E-state index is 12.3. The lowest BCUT2D eigenvalue weighted by Crippen LogP contribution is -2.20. The average Bonchev–Trinajstić information content (AvgIpc) is 2.80. The quantitative estimate of drug-likeness (QED) is 0.271. The third-order valence-electron chi connectivity index (χ3n) is 4.50. The largest absolute Gasteiger partial charge is 0.490 e. The minimum absolute atomic E-state index is 0.197. The van der Waals surface area contributed by atoms with E-state index in [1.54, 1.807) is 36.4 Å². The minimum Gasteiger partial charge on any atom is -0.490 e. The molecule has 9 heteroatoms. The van der Waals surface area contributed by atoms with Gasteiger partial charge in [0.05, 0.1) is 17.3 Å². The lowest BCUT2D eigenvalue weighted by atomic mass is 10.2. The predicted molar refractivity (Wildman–Crippen MR) is 137 cm³/mol. The van der Waals surface area contributed by atoms with Gasteiger partial charge in [-0.2, -0.15) is 5.10 Å². The number of nitrogens with zero attached hydrogens (tertiary/aromatic N) is 1. The van der Waals surface area contributed by atoms with Gasteiger partial charge in [0.15, 0.2) is 18.1 Å². The summed E-state index contributed by atoms with van der Waals surface area (Å²) in [5, 5.41) is 7.33. The van der Waals surface area contributed by atoms with Crippen LogP contribution in [0.15, 0.2) is 70.2 Å². The molecule has 0 atom stereocenters. The molecule has 0 aromatic heterocycles. The molecule has 0 fully saturated rings. The standard InChI is InChI=1S/C25H23BrClN3O4/c1-3-33-22-13-17(14-28-30-25(32)18-6-8-19(27)9-7-18)12-21(26)24(22)34-15-23(31)29-20-10-4-16(2)5-11-20/h4-14H,3,15H2,1-2H3,(H,29,31)(H,30,32)/b28-14-. The van der Waals surface area contributed by atoms with Crippen LogP contribution >= 0.6 is 27.5 Å². The molecule has 0 bridgehead atoms. The Morgan fingerprint density at radius 3 is 2.44 bits per heavy atom. The Kier molecular flexibility index (Phi) is 9.07. The van der Waals surface area contributed by atoms with Crippen LogP contribution in [0.2, 0.25) is 5.02 Å². The SMILES string of the molecule is CCOc1cc(/C=N\NC(=O)c2ccc(Cl)cc2)cc(Br)c1OCC(=O)Nc1ccc(C)cc1. The molecule has 0 heterocycles. The Morgan fingerprint density at radius 2 is 1.76 bits per heavy atom. The number of carbonyl (C=O) groups excluding carboxylic acids is 2. The summed E-state index contributed by atoms with van der Waals surface area (Å²) >= 11 is 9.30. The van der Waals surface area contributed by atoms with Gasteiger partial charge in [-0.1, -0.05) is 29.3 Å². The molecule has 0 radical (unpaired) electrons. The van der Waals surface area contributed by atoms with E-state index < -0.39 is 0 Å². The van der Waals surface area contributed by atoms with Crippen molar-refractivity contribution >= 4 is 51.2 Å². The van der Waals surface area contributed by atoms with Gasteiger partial charge in [-0.3, -0.25) is 9.59 Å². The number of benzene rings is 3. The summed E-state index contributed by atoms with van der Waals surface area (Å²) in [5.74, 6) is 0.166. The van der Waals surface area contributed by atoms with Crippen LogP contribution in [0.4, 0.5) is 5.69 Å².